The number of hydrogen-bond acceptors (Lipinski definition) is 5. The molecule has 2 atom stereocenters. The van der Waals surface area contributed by atoms with Crippen molar-refractivity contribution >= 4 is 33.2 Å². The van der Waals surface area contributed by atoms with E-state index in [0.717, 1.165) is 5.56 Å². The number of hydrogen-bond donors (Lipinski definition) is 1. The number of amides is 2. The first-order valence-corrected chi connectivity index (χ1v) is 12.0. The zero-order chi connectivity index (χ0) is 23.2. The lowest BCUT2D eigenvalue weighted by Gasteiger charge is -2.29. The van der Waals surface area contributed by atoms with Gasteiger partial charge in [0.2, 0.25) is 15.9 Å². The summed E-state index contributed by atoms with van der Waals surface area (Å²) in [6.07, 6.45) is 0.345. The highest BCUT2D eigenvalue weighted by Crippen LogP contribution is 2.37. The van der Waals surface area contributed by atoms with E-state index in [1.807, 2.05) is 31.2 Å². The standard InChI is InChI=1S/C23H27N3O5S/c1-14-7-9-17(10-8-14)25(4)23(28)19-6-5-11-26(19)32(29,30)21-13-20-18(12-15(21)2)24-22(27)16(3)31-20/h7-10,12-13,16,19H,5-6,11H2,1-4H3,(H,24,27)/t16-,19-/m1/s1. The van der Waals surface area contributed by atoms with Gasteiger partial charge in [-0.2, -0.15) is 4.31 Å². The molecule has 32 heavy (non-hydrogen) atoms. The molecule has 0 aromatic heterocycles. The van der Waals surface area contributed by atoms with Crippen LogP contribution in [0.15, 0.2) is 41.3 Å². The second-order valence-corrected chi connectivity index (χ2v) is 10.2. The topological polar surface area (TPSA) is 96.0 Å². The van der Waals surface area contributed by atoms with Crippen LogP contribution in [-0.2, 0) is 19.6 Å². The summed E-state index contributed by atoms with van der Waals surface area (Å²) in [6, 6.07) is 9.79. The van der Waals surface area contributed by atoms with Crippen molar-refractivity contribution in [2.45, 2.75) is 50.7 Å². The molecule has 2 aromatic carbocycles. The number of carbonyl (C=O) groups is 2. The van der Waals surface area contributed by atoms with E-state index in [2.05, 4.69) is 5.32 Å². The van der Waals surface area contributed by atoms with Crippen LogP contribution in [0.1, 0.15) is 30.9 Å². The second-order valence-electron chi connectivity index (χ2n) is 8.37. The third kappa shape index (κ3) is 3.86. The Balaban J connectivity index is 1.65. The van der Waals surface area contributed by atoms with Crippen molar-refractivity contribution in [2.75, 3.05) is 23.8 Å². The van der Waals surface area contributed by atoms with Gasteiger partial charge < -0.3 is 15.0 Å². The zero-order valence-corrected chi connectivity index (χ0v) is 19.4. The fourth-order valence-corrected chi connectivity index (χ4v) is 6.02. The fourth-order valence-electron chi connectivity index (χ4n) is 4.14. The smallest absolute Gasteiger partial charge is 0.265 e. The molecule has 2 aliphatic rings. The lowest BCUT2D eigenvalue weighted by molar-refractivity contribution is -0.123. The Morgan fingerprint density at radius 2 is 1.88 bits per heavy atom. The van der Waals surface area contributed by atoms with Crippen molar-refractivity contribution < 1.29 is 22.7 Å². The number of benzene rings is 2. The summed E-state index contributed by atoms with van der Waals surface area (Å²) in [5.41, 5.74) is 2.72. The molecule has 0 unspecified atom stereocenters. The first-order chi connectivity index (χ1) is 15.1. The summed E-state index contributed by atoms with van der Waals surface area (Å²) in [7, 11) is -2.29. The van der Waals surface area contributed by atoms with E-state index in [0.29, 0.717) is 35.5 Å². The minimum absolute atomic E-state index is 0.0808. The van der Waals surface area contributed by atoms with Gasteiger partial charge in [0.1, 0.15) is 11.8 Å². The van der Waals surface area contributed by atoms with Crippen molar-refractivity contribution in [3.05, 3.63) is 47.5 Å². The van der Waals surface area contributed by atoms with Crippen LogP contribution in [0.25, 0.3) is 0 Å². The second kappa shape index (κ2) is 8.22. The van der Waals surface area contributed by atoms with Gasteiger partial charge in [-0.1, -0.05) is 17.7 Å². The molecule has 2 aliphatic heterocycles. The van der Waals surface area contributed by atoms with E-state index < -0.39 is 22.2 Å². The van der Waals surface area contributed by atoms with Crippen molar-refractivity contribution in [3.8, 4) is 5.75 Å². The lowest BCUT2D eigenvalue weighted by Crippen LogP contribution is -2.46. The van der Waals surface area contributed by atoms with Crippen molar-refractivity contribution in [2.24, 2.45) is 0 Å². The molecule has 0 saturated carbocycles. The highest BCUT2D eigenvalue weighted by atomic mass is 32.2. The van der Waals surface area contributed by atoms with Gasteiger partial charge in [0, 0.05) is 25.3 Å². The van der Waals surface area contributed by atoms with Crippen LogP contribution in [0.2, 0.25) is 0 Å². The number of nitrogens with one attached hydrogen (secondary N) is 1. The predicted octanol–water partition coefficient (Wildman–Crippen LogP) is 2.84. The molecule has 0 spiro atoms. The van der Waals surface area contributed by atoms with Crippen LogP contribution in [-0.4, -0.2) is 50.3 Å². The molecule has 4 rings (SSSR count). The highest BCUT2D eigenvalue weighted by molar-refractivity contribution is 7.89. The molecule has 0 bridgehead atoms. The fraction of sp³-hybridized carbons (Fsp3) is 0.391. The van der Waals surface area contributed by atoms with Crippen LogP contribution < -0.4 is 15.0 Å². The Bertz CT molecular complexity index is 1180. The lowest BCUT2D eigenvalue weighted by atomic mass is 10.1. The maximum Gasteiger partial charge on any atom is 0.265 e. The first-order valence-electron chi connectivity index (χ1n) is 10.6. The molecule has 1 N–H and O–H groups in total. The molecule has 0 radical (unpaired) electrons. The summed E-state index contributed by atoms with van der Waals surface area (Å²) >= 11 is 0. The number of fused-ring (bicyclic) bond motifs is 1. The summed E-state index contributed by atoms with van der Waals surface area (Å²) in [4.78, 5) is 26.7. The van der Waals surface area contributed by atoms with E-state index in [1.165, 1.54) is 15.3 Å². The Labute approximate surface area is 188 Å². The quantitative estimate of drug-likeness (QED) is 0.762. The summed E-state index contributed by atoms with van der Waals surface area (Å²) in [6.45, 7) is 5.50. The molecule has 9 heteroatoms. The highest BCUT2D eigenvalue weighted by Gasteiger charge is 2.42. The first kappa shape index (κ1) is 22.3. The number of aryl methyl sites for hydroxylation is 2. The van der Waals surface area contributed by atoms with Gasteiger partial charge >= 0.3 is 0 Å². The van der Waals surface area contributed by atoms with E-state index in [9.17, 15) is 18.0 Å². The van der Waals surface area contributed by atoms with Gasteiger partial charge in [0.05, 0.1) is 10.6 Å². The molecule has 0 aliphatic carbocycles. The third-order valence-corrected chi connectivity index (χ3v) is 8.09. The van der Waals surface area contributed by atoms with E-state index in [1.54, 1.807) is 27.0 Å². The molecule has 2 aromatic rings. The molecule has 2 heterocycles. The van der Waals surface area contributed by atoms with Crippen LogP contribution in [0.4, 0.5) is 11.4 Å². The average molecular weight is 458 g/mol. The van der Waals surface area contributed by atoms with Crippen LogP contribution in [0, 0.1) is 13.8 Å². The Hall–Kier alpha value is -2.91. The monoisotopic (exact) mass is 457 g/mol. The minimum atomic E-state index is -3.96. The largest absolute Gasteiger partial charge is 0.479 e. The van der Waals surface area contributed by atoms with Gasteiger partial charge in [-0.05, 0) is 57.4 Å². The van der Waals surface area contributed by atoms with Gasteiger partial charge in [-0.15, -0.1) is 0 Å². The third-order valence-electron chi connectivity index (χ3n) is 6.04. The maximum absolute atomic E-state index is 13.6. The van der Waals surface area contributed by atoms with E-state index >= 15 is 0 Å². The van der Waals surface area contributed by atoms with Crippen molar-refractivity contribution in [1.29, 1.82) is 0 Å². The van der Waals surface area contributed by atoms with Crippen molar-refractivity contribution in [1.82, 2.24) is 4.31 Å². The summed E-state index contributed by atoms with van der Waals surface area (Å²) in [5, 5.41) is 2.73. The minimum Gasteiger partial charge on any atom is -0.479 e. The van der Waals surface area contributed by atoms with Crippen LogP contribution in [0.3, 0.4) is 0 Å². The summed E-state index contributed by atoms with van der Waals surface area (Å²) in [5.74, 6) is -0.236. The number of carbonyl (C=O) groups excluding carboxylic acids is 2. The van der Waals surface area contributed by atoms with Crippen LogP contribution >= 0.6 is 0 Å². The predicted molar refractivity (Wildman–Crippen MR) is 121 cm³/mol. The number of nitrogens with zero attached hydrogens (tertiary/aromatic N) is 2. The normalized spacial score (nSPS) is 20.9. The molecule has 2 amide bonds. The maximum atomic E-state index is 13.6. The van der Waals surface area contributed by atoms with Gasteiger partial charge in [-0.3, -0.25) is 9.59 Å². The van der Waals surface area contributed by atoms with Gasteiger partial charge in [0.25, 0.3) is 5.91 Å². The Kier molecular flexibility index (Phi) is 5.72. The Morgan fingerprint density at radius 3 is 2.56 bits per heavy atom. The van der Waals surface area contributed by atoms with Gasteiger partial charge in [0.15, 0.2) is 6.10 Å². The Morgan fingerprint density at radius 1 is 1.19 bits per heavy atom. The number of rotatable bonds is 4. The molecular weight excluding hydrogens is 430 g/mol. The molecular formula is C23H27N3O5S. The molecule has 170 valence electrons. The zero-order valence-electron chi connectivity index (χ0n) is 18.6. The number of ether oxygens (including phenoxy) is 1. The van der Waals surface area contributed by atoms with Crippen LogP contribution in [0.5, 0.6) is 5.75 Å². The number of likely N-dealkylation sites (N-methyl/N-ethyl adjacent to an activating group) is 1. The van der Waals surface area contributed by atoms with Gasteiger partial charge in [-0.25, -0.2) is 8.42 Å². The molecule has 8 nitrogen and oxygen atoms in total. The van der Waals surface area contributed by atoms with Crippen molar-refractivity contribution in [3.63, 3.8) is 0 Å². The molecule has 1 saturated heterocycles. The average Bonchev–Trinajstić information content (AvgIpc) is 3.25. The number of sulfonamides is 1. The van der Waals surface area contributed by atoms with E-state index in [4.69, 9.17) is 4.74 Å². The molecule has 1 fully saturated rings. The van der Waals surface area contributed by atoms with E-state index in [-0.39, 0.29) is 23.3 Å². The number of anilines is 2. The summed E-state index contributed by atoms with van der Waals surface area (Å²) < 4.78 is 34.1. The SMILES string of the molecule is Cc1ccc(N(C)C(=O)[C@H]2CCCN2S(=O)(=O)c2cc3c(cc2C)NC(=O)[C@@H](C)O3)cc1.